The van der Waals surface area contributed by atoms with Crippen molar-refractivity contribution in [3.05, 3.63) is 0 Å². The number of alkyl halides is 1. The summed E-state index contributed by atoms with van der Waals surface area (Å²) >= 11 is 2.94. The Balaban J connectivity index is 0. The lowest BCUT2D eigenvalue weighted by atomic mass is 10.3. The molecule has 0 rings (SSSR count). The fourth-order valence-corrected chi connectivity index (χ4v) is 0.378. The van der Waals surface area contributed by atoms with Crippen LogP contribution in [-0.2, 0) is 14.3 Å². The van der Waals surface area contributed by atoms with Gasteiger partial charge in [0.25, 0.3) is 0 Å². The summed E-state index contributed by atoms with van der Waals surface area (Å²) in [7, 11) is 0. The number of carboxylic acids is 1. The van der Waals surface area contributed by atoms with Crippen molar-refractivity contribution in [1.82, 2.24) is 0 Å². The first kappa shape index (κ1) is 14.9. The third-order valence-corrected chi connectivity index (χ3v) is 2.01. The van der Waals surface area contributed by atoms with Gasteiger partial charge < -0.3 is 9.84 Å². The third-order valence-electron chi connectivity index (χ3n) is 0.974. The van der Waals surface area contributed by atoms with Gasteiger partial charge in [-0.05, 0) is 13.3 Å². The molecule has 0 bridgehead atoms. The molecule has 0 radical (unpaired) electrons. The van der Waals surface area contributed by atoms with Gasteiger partial charge in [0, 0.05) is 6.92 Å². The molecule has 0 saturated heterocycles. The standard InChI is InChI=1S/C4H7BrO2.C4H8O2/c1-2-3(5)4(6)7;1-3-6-4(2)5/h3H,2H2,1H3,(H,6,7);3H2,1-2H3. The molecule has 0 aliphatic rings. The second kappa shape index (κ2) is 9.51. The Morgan fingerprint density at radius 2 is 1.92 bits per heavy atom. The van der Waals surface area contributed by atoms with Gasteiger partial charge >= 0.3 is 11.9 Å². The number of rotatable bonds is 3. The van der Waals surface area contributed by atoms with E-state index in [4.69, 9.17) is 5.11 Å². The Morgan fingerprint density at radius 1 is 1.46 bits per heavy atom. The summed E-state index contributed by atoms with van der Waals surface area (Å²) in [5, 5.41) is 8.14. The molecule has 1 unspecified atom stereocenters. The van der Waals surface area contributed by atoms with E-state index < -0.39 is 5.97 Å². The van der Waals surface area contributed by atoms with E-state index in [2.05, 4.69) is 20.7 Å². The monoisotopic (exact) mass is 254 g/mol. The van der Waals surface area contributed by atoms with Crippen LogP contribution in [0, 0.1) is 0 Å². The molecule has 1 atom stereocenters. The van der Waals surface area contributed by atoms with E-state index in [0.717, 1.165) is 0 Å². The van der Waals surface area contributed by atoms with Gasteiger partial charge in [-0.15, -0.1) is 0 Å². The van der Waals surface area contributed by atoms with Gasteiger partial charge in [-0.2, -0.15) is 0 Å². The number of aliphatic carboxylic acids is 1. The van der Waals surface area contributed by atoms with Crippen LogP contribution in [0.2, 0.25) is 0 Å². The van der Waals surface area contributed by atoms with Crippen LogP contribution >= 0.6 is 15.9 Å². The number of halogens is 1. The quantitative estimate of drug-likeness (QED) is 0.617. The first-order valence-electron chi connectivity index (χ1n) is 3.95. The largest absolute Gasteiger partial charge is 0.480 e. The zero-order valence-corrected chi connectivity index (χ0v) is 9.63. The summed E-state index contributed by atoms with van der Waals surface area (Å²) in [5.74, 6) is -1.000. The molecular weight excluding hydrogens is 240 g/mol. The Kier molecular flexibility index (Phi) is 10.9. The maximum atomic E-state index is 9.88. The predicted octanol–water partition coefficient (Wildman–Crippen LogP) is 1.81. The van der Waals surface area contributed by atoms with Crippen LogP contribution < -0.4 is 0 Å². The summed E-state index contributed by atoms with van der Waals surface area (Å²) in [6, 6.07) is 0. The van der Waals surface area contributed by atoms with Gasteiger partial charge in [-0.3, -0.25) is 9.59 Å². The molecule has 5 heteroatoms. The summed E-state index contributed by atoms with van der Waals surface area (Å²) < 4.78 is 4.40. The van der Waals surface area contributed by atoms with Crippen LogP contribution in [-0.4, -0.2) is 28.5 Å². The molecule has 4 nitrogen and oxygen atoms in total. The zero-order valence-electron chi connectivity index (χ0n) is 8.04. The second-order valence-electron chi connectivity index (χ2n) is 2.14. The highest BCUT2D eigenvalue weighted by Crippen LogP contribution is 2.02. The Morgan fingerprint density at radius 3 is 1.92 bits per heavy atom. The Labute approximate surface area is 86.4 Å². The molecule has 0 amide bonds. The highest BCUT2D eigenvalue weighted by molar-refractivity contribution is 9.10. The van der Waals surface area contributed by atoms with Crippen LogP contribution in [0.1, 0.15) is 27.2 Å². The van der Waals surface area contributed by atoms with Crippen LogP contribution in [0.5, 0.6) is 0 Å². The molecule has 0 saturated carbocycles. The number of carboxylic acid groups (broad SMARTS) is 1. The lowest BCUT2D eigenvalue weighted by Crippen LogP contribution is -2.09. The van der Waals surface area contributed by atoms with Crippen molar-refractivity contribution in [2.24, 2.45) is 0 Å². The molecule has 0 aromatic heterocycles. The normalized spacial score (nSPS) is 10.8. The van der Waals surface area contributed by atoms with E-state index in [1.807, 2.05) is 6.92 Å². The van der Waals surface area contributed by atoms with Crippen molar-refractivity contribution in [3.8, 4) is 0 Å². The molecule has 0 spiro atoms. The van der Waals surface area contributed by atoms with Crippen LogP contribution in [0.4, 0.5) is 0 Å². The van der Waals surface area contributed by atoms with Crippen molar-refractivity contribution in [2.75, 3.05) is 6.61 Å². The van der Waals surface area contributed by atoms with Gasteiger partial charge in [0.05, 0.1) is 6.61 Å². The fraction of sp³-hybridized carbons (Fsp3) is 0.750. The van der Waals surface area contributed by atoms with E-state index in [1.165, 1.54) is 6.92 Å². The number of carbonyl (C=O) groups is 2. The SMILES string of the molecule is CCC(Br)C(=O)O.CCOC(C)=O. The Hall–Kier alpha value is -0.580. The highest BCUT2D eigenvalue weighted by Gasteiger charge is 2.07. The number of hydrogen-bond acceptors (Lipinski definition) is 3. The minimum Gasteiger partial charge on any atom is -0.480 e. The molecular formula is C8H15BrO4. The first-order chi connectivity index (χ1) is 5.95. The van der Waals surface area contributed by atoms with E-state index in [-0.39, 0.29) is 10.8 Å². The molecule has 0 aliphatic heterocycles. The van der Waals surface area contributed by atoms with E-state index in [0.29, 0.717) is 13.0 Å². The summed E-state index contributed by atoms with van der Waals surface area (Å²) in [6.07, 6.45) is 0.634. The minimum absolute atomic E-state index is 0.211. The molecule has 1 N–H and O–H groups in total. The lowest BCUT2D eigenvalue weighted by molar-refractivity contribution is -0.140. The van der Waals surface area contributed by atoms with Gasteiger partial charge in [0.1, 0.15) is 4.83 Å². The molecule has 78 valence electrons. The number of hydrogen-bond donors (Lipinski definition) is 1. The van der Waals surface area contributed by atoms with Gasteiger partial charge in [-0.25, -0.2) is 0 Å². The van der Waals surface area contributed by atoms with Gasteiger partial charge in [0.2, 0.25) is 0 Å². The smallest absolute Gasteiger partial charge is 0.317 e. The topological polar surface area (TPSA) is 63.6 Å². The van der Waals surface area contributed by atoms with E-state index in [9.17, 15) is 9.59 Å². The second-order valence-corrected chi connectivity index (χ2v) is 3.24. The van der Waals surface area contributed by atoms with Gasteiger partial charge in [0.15, 0.2) is 0 Å². The fourth-order valence-electron chi connectivity index (χ4n) is 0.378. The zero-order chi connectivity index (χ0) is 10.9. The van der Waals surface area contributed by atoms with E-state index in [1.54, 1.807) is 6.92 Å². The van der Waals surface area contributed by atoms with Crippen molar-refractivity contribution in [2.45, 2.75) is 32.0 Å². The van der Waals surface area contributed by atoms with Crippen molar-refractivity contribution < 1.29 is 19.4 Å². The van der Waals surface area contributed by atoms with Crippen molar-refractivity contribution in [1.29, 1.82) is 0 Å². The maximum absolute atomic E-state index is 9.88. The van der Waals surface area contributed by atoms with Gasteiger partial charge in [-0.1, -0.05) is 22.9 Å². The molecule has 0 aromatic rings. The van der Waals surface area contributed by atoms with Crippen molar-refractivity contribution in [3.63, 3.8) is 0 Å². The van der Waals surface area contributed by atoms with E-state index >= 15 is 0 Å². The molecule has 0 aliphatic carbocycles. The minimum atomic E-state index is -0.789. The average Bonchev–Trinajstić information content (AvgIpc) is 2.03. The van der Waals surface area contributed by atoms with Crippen LogP contribution in [0.15, 0.2) is 0 Å². The molecule has 0 heterocycles. The van der Waals surface area contributed by atoms with Crippen LogP contribution in [0.25, 0.3) is 0 Å². The predicted molar refractivity (Wildman–Crippen MR) is 52.9 cm³/mol. The lowest BCUT2D eigenvalue weighted by Gasteiger charge is -1.94. The summed E-state index contributed by atoms with van der Waals surface area (Å²) in [5.41, 5.74) is 0. The number of ether oxygens (including phenoxy) is 1. The molecule has 13 heavy (non-hydrogen) atoms. The van der Waals surface area contributed by atoms with Crippen molar-refractivity contribution >= 4 is 27.9 Å². The van der Waals surface area contributed by atoms with Crippen LogP contribution in [0.3, 0.4) is 0 Å². The molecule has 0 fully saturated rings. The summed E-state index contributed by atoms with van der Waals surface area (Å²) in [6.45, 7) is 5.47. The number of carbonyl (C=O) groups excluding carboxylic acids is 1. The average molecular weight is 255 g/mol. The maximum Gasteiger partial charge on any atom is 0.317 e. The number of esters is 1. The first-order valence-corrected chi connectivity index (χ1v) is 4.87. The third kappa shape index (κ3) is 14.3. The molecule has 0 aromatic carbocycles. The summed E-state index contributed by atoms with van der Waals surface area (Å²) in [4.78, 5) is 19.3. The Bertz CT molecular complexity index is 158. The highest BCUT2D eigenvalue weighted by atomic mass is 79.9.